The normalized spacial score (nSPS) is 22.5. The van der Waals surface area contributed by atoms with Crippen LogP contribution in [-0.4, -0.2) is 37.2 Å². The average molecular weight is 317 g/mol. The number of rotatable bonds is 4. The summed E-state index contributed by atoms with van der Waals surface area (Å²) >= 11 is 1.78. The zero-order valence-corrected chi connectivity index (χ0v) is 13.9. The third-order valence-corrected chi connectivity index (χ3v) is 5.64. The van der Waals surface area contributed by atoms with E-state index in [-0.39, 0.29) is 0 Å². The van der Waals surface area contributed by atoms with Crippen molar-refractivity contribution in [3.63, 3.8) is 0 Å². The Morgan fingerprint density at radius 3 is 3.00 bits per heavy atom. The molecule has 0 saturated carbocycles. The molecule has 4 rings (SSSR count). The van der Waals surface area contributed by atoms with Gasteiger partial charge in [-0.3, -0.25) is 9.74 Å². The Morgan fingerprint density at radius 2 is 2.14 bits per heavy atom. The monoisotopic (exact) mass is 317 g/mol. The van der Waals surface area contributed by atoms with Crippen LogP contribution in [0.25, 0.3) is 0 Å². The molecular weight excluding hydrogens is 294 g/mol. The Labute approximate surface area is 136 Å². The topological polar surface area (TPSA) is 19.0 Å². The highest BCUT2D eigenvalue weighted by Crippen LogP contribution is 2.42. The van der Waals surface area contributed by atoms with E-state index in [1.807, 2.05) is 5.06 Å². The fourth-order valence-corrected chi connectivity index (χ4v) is 4.31. The molecular formula is C17H23N3OS. The zero-order chi connectivity index (χ0) is 14.9. The van der Waals surface area contributed by atoms with E-state index >= 15 is 0 Å². The van der Waals surface area contributed by atoms with E-state index in [1.165, 1.54) is 48.7 Å². The number of hydrogen-bond donors (Lipinski definition) is 0. The second-order valence-electron chi connectivity index (χ2n) is 6.25. The summed E-state index contributed by atoms with van der Waals surface area (Å²) < 4.78 is 0. The highest BCUT2D eigenvalue weighted by Gasteiger charge is 2.27. The number of hydrogen-bond acceptors (Lipinski definition) is 5. The number of anilines is 2. The molecule has 3 aliphatic heterocycles. The largest absolute Gasteiger partial charge is 0.326 e. The number of nitrogens with zero attached hydrogens (tertiary/aromatic N) is 3. The zero-order valence-electron chi connectivity index (χ0n) is 13.1. The third-order valence-electron chi connectivity index (χ3n) is 4.71. The van der Waals surface area contributed by atoms with Gasteiger partial charge < -0.3 is 4.90 Å². The summed E-state index contributed by atoms with van der Waals surface area (Å²) in [6, 6.07) is 2.62. The minimum absolute atomic E-state index is 0.470. The van der Waals surface area contributed by atoms with Gasteiger partial charge in [0.05, 0.1) is 18.5 Å². The minimum Gasteiger partial charge on any atom is -0.326 e. The molecule has 22 heavy (non-hydrogen) atoms. The van der Waals surface area contributed by atoms with Crippen LogP contribution in [0.5, 0.6) is 0 Å². The molecule has 5 heteroatoms. The summed E-state index contributed by atoms with van der Waals surface area (Å²) in [6.07, 6.45) is 10.5. The molecule has 0 aliphatic carbocycles. The van der Waals surface area contributed by atoms with Crippen molar-refractivity contribution in [3.8, 4) is 0 Å². The van der Waals surface area contributed by atoms with E-state index in [4.69, 9.17) is 4.84 Å². The van der Waals surface area contributed by atoms with Gasteiger partial charge in [0.25, 0.3) is 0 Å². The van der Waals surface area contributed by atoms with Gasteiger partial charge in [0, 0.05) is 12.6 Å². The predicted octanol–water partition coefficient (Wildman–Crippen LogP) is 3.59. The van der Waals surface area contributed by atoms with Gasteiger partial charge in [-0.05, 0) is 50.4 Å². The first-order chi connectivity index (χ1) is 10.8. The Hall–Kier alpha value is -1.30. The quantitative estimate of drug-likeness (QED) is 0.844. The Bertz CT molecular complexity index is 588. The molecule has 1 aromatic heterocycles. The van der Waals surface area contributed by atoms with Crippen LogP contribution >= 0.6 is 11.3 Å². The summed E-state index contributed by atoms with van der Waals surface area (Å²) in [4.78, 5) is 11.0. The molecule has 4 heterocycles. The fourth-order valence-electron chi connectivity index (χ4n) is 3.40. The third kappa shape index (κ3) is 2.57. The van der Waals surface area contributed by atoms with Crippen molar-refractivity contribution in [3.05, 3.63) is 35.5 Å². The number of likely N-dealkylation sites (tertiary alicyclic amines) is 1. The van der Waals surface area contributed by atoms with Crippen LogP contribution in [0.4, 0.5) is 10.7 Å². The molecule has 0 bridgehead atoms. The maximum absolute atomic E-state index is 6.15. The first kappa shape index (κ1) is 14.3. The molecule has 1 unspecified atom stereocenters. The van der Waals surface area contributed by atoms with Crippen molar-refractivity contribution < 1.29 is 4.84 Å². The highest BCUT2D eigenvalue weighted by molar-refractivity contribution is 7.15. The van der Waals surface area contributed by atoms with E-state index in [1.54, 1.807) is 11.3 Å². The molecule has 4 nitrogen and oxygen atoms in total. The molecule has 0 spiro atoms. The van der Waals surface area contributed by atoms with Crippen LogP contribution < -0.4 is 9.96 Å². The number of piperidine rings is 1. The number of allylic oxidation sites excluding steroid dienone is 1. The maximum atomic E-state index is 6.15. The fraction of sp³-hybridized carbons (Fsp3) is 0.529. The van der Waals surface area contributed by atoms with E-state index in [9.17, 15) is 0 Å². The SMILES string of the molecule is CC(CON1C=C2C=CCN2c2sccc21)N1CCCCC1. The Morgan fingerprint density at radius 1 is 1.27 bits per heavy atom. The van der Waals surface area contributed by atoms with E-state index in [0.29, 0.717) is 6.04 Å². The summed E-state index contributed by atoms with van der Waals surface area (Å²) in [5.74, 6) is 0. The summed E-state index contributed by atoms with van der Waals surface area (Å²) in [5.41, 5.74) is 2.39. The van der Waals surface area contributed by atoms with E-state index in [0.717, 1.165) is 13.2 Å². The first-order valence-corrected chi connectivity index (χ1v) is 9.10. The van der Waals surface area contributed by atoms with Crippen molar-refractivity contribution >= 4 is 22.0 Å². The second kappa shape index (κ2) is 6.07. The van der Waals surface area contributed by atoms with Crippen molar-refractivity contribution in [2.75, 3.05) is 36.2 Å². The minimum atomic E-state index is 0.470. The Balaban J connectivity index is 1.44. The molecule has 0 amide bonds. The number of thiophene rings is 1. The molecule has 0 aromatic carbocycles. The number of fused-ring (bicyclic) bond motifs is 3. The maximum Gasteiger partial charge on any atom is 0.122 e. The molecule has 1 aromatic rings. The van der Waals surface area contributed by atoms with Gasteiger partial charge >= 0.3 is 0 Å². The molecule has 0 radical (unpaired) electrons. The van der Waals surface area contributed by atoms with Crippen LogP contribution in [0.3, 0.4) is 0 Å². The van der Waals surface area contributed by atoms with Gasteiger partial charge in [-0.1, -0.05) is 12.5 Å². The van der Waals surface area contributed by atoms with Crippen molar-refractivity contribution in [2.24, 2.45) is 0 Å². The average Bonchev–Trinajstić information content (AvgIpc) is 3.21. The van der Waals surface area contributed by atoms with Gasteiger partial charge in [0.2, 0.25) is 0 Å². The highest BCUT2D eigenvalue weighted by atomic mass is 32.1. The van der Waals surface area contributed by atoms with E-state index in [2.05, 4.69) is 46.5 Å². The molecule has 3 aliphatic rings. The van der Waals surface area contributed by atoms with Gasteiger partial charge in [0.15, 0.2) is 0 Å². The lowest BCUT2D eigenvalue weighted by Crippen LogP contribution is -2.41. The van der Waals surface area contributed by atoms with Crippen LogP contribution in [0, 0.1) is 0 Å². The number of hydroxylamine groups is 1. The lowest BCUT2D eigenvalue weighted by Gasteiger charge is -2.35. The Kier molecular flexibility index (Phi) is 3.94. The second-order valence-corrected chi connectivity index (χ2v) is 7.14. The lowest BCUT2D eigenvalue weighted by molar-refractivity contribution is 0.0556. The molecule has 1 atom stereocenters. The molecule has 1 fully saturated rings. The molecule has 0 N–H and O–H groups in total. The standard InChI is InChI=1S/C17H23N3OS/c1-14(18-8-3-2-4-9-18)13-21-20-12-15-6-5-10-19(15)17-16(20)7-11-22-17/h5-7,11-12,14H,2-4,8-10,13H2,1H3. The smallest absolute Gasteiger partial charge is 0.122 e. The van der Waals surface area contributed by atoms with E-state index < -0.39 is 0 Å². The van der Waals surface area contributed by atoms with Gasteiger partial charge in [-0.15, -0.1) is 11.3 Å². The van der Waals surface area contributed by atoms with Gasteiger partial charge in [0.1, 0.15) is 10.7 Å². The molecule has 1 saturated heterocycles. The summed E-state index contributed by atoms with van der Waals surface area (Å²) in [6.45, 7) is 6.41. The van der Waals surface area contributed by atoms with Crippen LogP contribution in [0.1, 0.15) is 26.2 Å². The molecule has 118 valence electrons. The first-order valence-electron chi connectivity index (χ1n) is 8.22. The van der Waals surface area contributed by atoms with Crippen molar-refractivity contribution in [1.29, 1.82) is 0 Å². The van der Waals surface area contributed by atoms with Crippen LogP contribution in [0.15, 0.2) is 35.5 Å². The van der Waals surface area contributed by atoms with Crippen molar-refractivity contribution in [1.82, 2.24) is 4.90 Å². The summed E-state index contributed by atoms with van der Waals surface area (Å²) in [7, 11) is 0. The predicted molar refractivity (Wildman–Crippen MR) is 92.2 cm³/mol. The van der Waals surface area contributed by atoms with Crippen LogP contribution in [0.2, 0.25) is 0 Å². The van der Waals surface area contributed by atoms with Gasteiger partial charge in [-0.2, -0.15) is 0 Å². The van der Waals surface area contributed by atoms with Crippen molar-refractivity contribution in [2.45, 2.75) is 32.2 Å². The lowest BCUT2D eigenvalue weighted by atomic mass is 10.1. The summed E-state index contributed by atoms with van der Waals surface area (Å²) in [5, 5.41) is 5.39. The van der Waals surface area contributed by atoms with Gasteiger partial charge in [-0.25, -0.2) is 5.06 Å². The van der Waals surface area contributed by atoms with Crippen LogP contribution in [-0.2, 0) is 4.84 Å².